The van der Waals surface area contributed by atoms with Gasteiger partial charge in [-0.25, -0.2) is 9.78 Å². The molecule has 70 valence electrons. The van der Waals surface area contributed by atoms with E-state index >= 15 is 0 Å². The number of nitrogens with one attached hydrogen (secondary N) is 1. The van der Waals surface area contributed by atoms with Gasteiger partial charge in [0.25, 0.3) is 0 Å². The molecule has 7 heteroatoms. The highest BCUT2D eigenvalue weighted by Crippen LogP contribution is 2.11. The van der Waals surface area contributed by atoms with E-state index in [-0.39, 0.29) is 11.8 Å². The van der Waals surface area contributed by atoms with Crippen LogP contribution in [0.25, 0.3) is 0 Å². The summed E-state index contributed by atoms with van der Waals surface area (Å²) in [6, 6.07) is 0. The maximum Gasteiger partial charge on any atom is 0.404 e. The molecule has 0 bridgehead atoms. The summed E-state index contributed by atoms with van der Waals surface area (Å²) in [4.78, 5) is 14.0. The Kier molecular flexibility index (Phi) is 3.44. The summed E-state index contributed by atoms with van der Waals surface area (Å²) in [6.45, 7) is 0.157. The van der Waals surface area contributed by atoms with Gasteiger partial charge in [-0.15, -0.1) is 5.10 Å². The summed E-state index contributed by atoms with van der Waals surface area (Å²) < 4.78 is 0. The minimum absolute atomic E-state index is 0.157. The fourth-order valence-corrected chi connectivity index (χ4v) is 0.895. The average molecular weight is 200 g/mol. The third kappa shape index (κ3) is 3.24. The molecule has 1 aromatic heterocycles. The van der Waals surface area contributed by atoms with Crippen LogP contribution in [0.2, 0.25) is 0 Å². The first-order valence-electron chi connectivity index (χ1n) is 3.48. The number of rotatable bonds is 3. The first-order chi connectivity index (χ1) is 6.20. The van der Waals surface area contributed by atoms with Crippen molar-refractivity contribution >= 4 is 18.7 Å². The van der Waals surface area contributed by atoms with Crippen molar-refractivity contribution in [2.45, 2.75) is 5.25 Å². The monoisotopic (exact) mass is 200 g/mol. The summed E-state index contributed by atoms with van der Waals surface area (Å²) in [5.41, 5.74) is 0. The van der Waals surface area contributed by atoms with Crippen molar-refractivity contribution in [3.05, 3.63) is 18.2 Å². The van der Waals surface area contributed by atoms with E-state index in [4.69, 9.17) is 5.11 Å². The van der Waals surface area contributed by atoms with Crippen LogP contribution < -0.4 is 5.32 Å². The van der Waals surface area contributed by atoms with Crippen LogP contribution in [0.5, 0.6) is 0 Å². The van der Waals surface area contributed by atoms with Gasteiger partial charge >= 0.3 is 6.09 Å². The smallest absolute Gasteiger partial charge is 0.404 e. The second-order valence-electron chi connectivity index (χ2n) is 2.20. The molecule has 0 aliphatic rings. The molecule has 1 amide bonds. The molecule has 0 aliphatic heterocycles. The van der Waals surface area contributed by atoms with Crippen molar-refractivity contribution in [2.24, 2.45) is 0 Å². The number of carboxylic acid groups (broad SMARTS) is 1. The lowest BCUT2D eigenvalue weighted by Gasteiger charge is -2.06. The van der Waals surface area contributed by atoms with E-state index in [1.54, 1.807) is 0 Å². The number of thiol groups is 1. The van der Waals surface area contributed by atoms with Gasteiger partial charge in [-0.3, -0.25) is 0 Å². The second kappa shape index (κ2) is 4.61. The van der Waals surface area contributed by atoms with E-state index in [0.717, 1.165) is 0 Å². The van der Waals surface area contributed by atoms with Gasteiger partial charge in [-0.2, -0.15) is 17.7 Å². The average Bonchev–Trinajstić information content (AvgIpc) is 2.15. The molecule has 1 heterocycles. The summed E-state index contributed by atoms with van der Waals surface area (Å²) >= 11 is 4.10. The number of hydrogen-bond acceptors (Lipinski definition) is 5. The molecule has 1 rings (SSSR count). The van der Waals surface area contributed by atoms with Crippen molar-refractivity contribution in [2.75, 3.05) is 6.54 Å². The number of aromatic nitrogens is 3. The molecular weight excluding hydrogens is 192 g/mol. The maximum absolute atomic E-state index is 10.1. The largest absolute Gasteiger partial charge is 0.465 e. The molecule has 6 nitrogen and oxygen atoms in total. The van der Waals surface area contributed by atoms with E-state index in [1.807, 2.05) is 0 Å². The first-order valence-corrected chi connectivity index (χ1v) is 4.00. The van der Waals surface area contributed by atoms with Gasteiger partial charge < -0.3 is 10.4 Å². The molecule has 2 N–H and O–H groups in total. The van der Waals surface area contributed by atoms with Gasteiger partial charge in [0.1, 0.15) is 0 Å². The molecule has 13 heavy (non-hydrogen) atoms. The molecule has 0 fully saturated rings. The van der Waals surface area contributed by atoms with Crippen molar-refractivity contribution in [1.82, 2.24) is 20.5 Å². The zero-order chi connectivity index (χ0) is 9.68. The van der Waals surface area contributed by atoms with Crippen LogP contribution in [-0.4, -0.2) is 32.9 Å². The number of carbonyl (C=O) groups is 1. The van der Waals surface area contributed by atoms with Gasteiger partial charge in [-0.1, -0.05) is 0 Å². The van der Waals surface area contributed by atoms with Crippen LogP contribution in [-0.2, 0) is 0 Å². The quantitative estimate of drug-likeness (QED) is 0.603. The van der Waals surface area contributed by atoms with E-state index < -0.39 is 6.09 Å². The lowest BCUT2D eigenvalue weighted by atomic mass is 10.4. The van der Waals surface area contributed by atoms with Gasteiger partial charge in [-0.05, 0) is 0 Å². The van der Waals surface area contributed by atoms with E-state index in [0.29, 0.717) is 5.82 Å². The number of hydrogen-bond donors (Lipinski definition) is 3. The fourth-order valence-electron chi connectivity index (χ4n) is 0.686. The summed E-state index contributed by atoms with van der Waals surface area (Å²) in [5.74, 6) is 0.402. The van der Waals surface area contributed by atoms with Crippen LogP contribution in [0.1, 0.15) is 11.1 Å². The van der Waals surface area contributed by atoms with E-state index in [2.05, 4.69) is 33.1 Å². The molecule has 1 atom stereocenters. The van der Waals surface area contributed by atoms with Gasteiger partial charge in [0.15, 0.2) is 5.82 Å². The molecule has 0 saturated carbocycles. The minimum atomic E-state index is -1.09. The lowest BCUT2D eigenvalue weighted by molar-refractivity contribution is 0.194. The standard InChI is InChI=1S/C6H8N4O2S/c11-6(12)8-3-4(13)5-7-1-2-9-10-5/h1-2,4,8,13H,3H2,(H,11,12). The predicted molar refractivity (Wildman–Crippen MR) is 47.6 cm³/mol. The molecule has 0 saturated heterocycles. The molecular formula is C6H8N4O2S. The SMILES string of the molecule is O=C(O)NCC(S)c1nccnn1. The van der Waals surface area contributed by atoms with Crippen molar-refractivity contribution in [1.29, 1.82) is 0 Å². The Balaban J connectivity index is 2.49. The fraction of sp³-hybridized carbons (Fsp3) is 0.333. The van der Waals surface area contributed by atoms with Crippen LogP contribution in [0.4, 0.5) is 4.79 Å². The van der Waals surface area contributed by atoms with E-state index in [1.165, 1.54) is 12.4 Å². The molecule has 0 spiro atoms. The molecule has 0 aromatic carbocycles. The highest BCUT2D eigenvalue weighted by molar-refractivity contribution is 7.80. The Morgan fingerprint density at radius 3 is 3.00 bits per heavy atom. The first kappa shape index (κ1) is 9.72. The Morgan fingerprint density at radius 1 is 1.69 bits per heavy atom. The summed E-state index contributed by atoms with van der Waals surface area (Å²) in [6.07, 6.45) is 1.82. The van der Waals surface area contributed by atoms with Gasteiger partial charge in [0.2, 0.25) is 0 Å². The van der Waals surface area contributed by atoms with Crippen LogP contribution >= 0.6 is 12.6 Å². The predicted octanol–water partition coefficient (Wildman–Crippen LogP) is 0.110. The third-order valence-electron chi connectivity index (χ3n) is 1.25. The van der Waals surface area contributed by atoms with Gasteiger partial charge in [0, 0.05) is 12.7 Å². The summed E-state index contributed by atoms with van der Waals surface area (Å²) in [5, 5.41) is 17.4. The molecule has 1 unspecified atom stereocenters. The molecule has 0 radical (unpaired) electrons. The van der Waals surface area contributed by atoms with Gasteiger partial charge in [0.05, 0.1) is 11.4 Å². The highest BCUT2D eigenvalue weighted by atomic mass is 32.1. The highest BCUT2D eigenvalue weighted by Gasteiger charge is 2.10. The zero-order valence-corrected chi connectivity index (χ0v) is 7.48. The Bertz CT molecular complexity index is 281. The third-order valence-corrected chi connectivity index (χ3v) is 1.66. The van der Waals surface area contributed by atoms with Crippen LogP contribution in [0.15, 0.2) is 12.4 Å². The second-order valence-corrected chi connectivity index (χ2v) is 2.83. The molecule has 1 aromatic rings. The number of nitrogens with zero attached hydrogens (tertiary/aromatic N) is 3. The van der Waals surface area contributed by atoms with Crippen molar-refractivity contribution < 1.29 is 9.90 Å². The topological polar surface area (TPSA) is 88.0 Å². The van der Waals surface area contributed by atoms with Crippen molar-refractivity contribution in [3.63, 3.8) is 0 Å². The van der Waals surface area contributed by atoms with Crippen LogP contribution in [0.3, 0.4) is 0 Å². The Labute approximate surface area is 79.8 Å². The lowest BCUT2D eigenvalue weighted by Crippen LogP contribution is -2.25. The molecule has 0 aliphatic carbocycles. The minimum Gasteiger partial charge on any atom is -0.465 e. The normalized spacial score (nSPS) is 12.1. The maximum atomic E-state index is 10.1. The zero-order valence-electron chi connectivity index (χ0n) is 6.58. The summed E-state index contributed by atoms with van der Waals surface area (Å²) in [7, 11) is 0. The van der Waals surface area contributed by atoms with Crippen LogP contribution in [0, 0.1) is 0 Å². The Hall–Kier alpha value is -1.37. The van der Waals surface area contributed by atoms with Crippen molar-refractivity contribution in [3.8, 4) is 0 Å². The Morgan fingerprint density at radius 2 is 2.46 bits per heavy atom. The van der Waals surface area contributed by atoms with E-state index in [9.17, 15) is 4.79 Å². The number of amides is 1.